The maximum absolute atomic E-state index is 6.25. The molecule has 0 spiro atoms. The Labute approximate surface area is 92.3 Å². The molecule has 0 fully saturated rings. The van der Waals surface area contributed by atoms with Crippen LogP contribution in [0.2, 0.25) is 5.02 Å². The molecule has 1 aromatic carbocycles. The fourth-order valence-electron chi connectivity index (χ4n) is 2.24. The SMILES string of the molecule is CCCC(C)(C)c1c(C)cccc1Cl. The highest BCUT2D eigenvalue weighted by Gasteiger charge is 2.23. The van der Waals surface area contributed by atoms with E-state index in [1.807, 2.05) is 12.1 Å². The molecule has 1 aromatic rings. The maximum Gasteiger partial charge on any atom is 0.0446 e. The lowest BCUT2D eigenvalue weighted by atomic mass is 9.78. The molecule has 0 N–H and O–H groups in total. The minimum absolute atomic E-state index is 0.192. The van der Waals surface area contributed by atoms with Gasteiger partial charge in [-0.1, -0.05) is 50.9 Å². The van der Waals surface area contributed by atoms with E-state index in [0.29, 0.717) is 0 Å². The third kappa shape index (κ3) is 2.30. The maximum atomic E-state index is 6.25. The number of rotatable bonds is 3. The summed E-state index contributed by atoms with van der Waals surface area (Å²) in [7, 11) is 0. The normalized spacial score (nSPS) is 11.8. The van der Waals surface area contributed by atoms with Gasteiger partial charge in [-0.05, 0) is 36.0 Å². The Morgan fingerprint density at radius 1 is 1.29 bits per heavy atom. The van der Waals surface area contributed by atoms with Crippen LogP contribution in [0.4, 0.5) is 0 Å². The van der Waals surface area contributed by atoms with Gasteiger partial charge in [-0.25, -0.2) is 0 Å². The first-order chi connectivity index (χ1) is 6.49. The molecule has 0 saturated carbocycles. The molecule has 1 rings (SSSR count). The van der Waals surface area contributed by atoms with E-state index in [9.17, 15) is 0 Å². The Morgan fingerprint density at radius 3 is 2.43 bits per heavy atom. The van der Waals surface area contributed by atoms with Crippen molar-refractivity contribution in [3.05, 3.63) is 34.3 Å². The van der Waals surface area contributed by atoms with Gasteiger partial charge in [-0.2, -0.15) is 0 Å². The van der Waals surface area contributed by atoms with Crippen molar-refractivity contribution in [1.29, 1.82) is 0 Å². The van der Waals surface area contributed by atoms with Crippen LogP contribution < -0.4 is 0 Å². The van der Waals surface area contributed by atoms with Gasteiger partial charge in [-0.15, -0.1) is 0 Å². The Bertz CT molecular complexity index is 293. The molecule has 0 aliphatic rings. The van der Waals surface area contributed by atoms with Crippen molar-refractivity contribution >= 4 is 11.6 Å². The Balaban J connectivity index is 3.17. The van der Waals surface area contributed by atoms with Gasteiger partial charge in [0, 0.05) is 5.02 Å². The van der Waals surface area contributed by atoms with Gasteiger partial charge in [0.05, 0.1) is 0 Å². The second-order valence-corrected chi connectivity index (χ2v) is 4.97. The third-order valence-corrected chi connectivity index (χ3v) is 3.09. The Kier molecular flexibility index (Phi) is 3.60. The van der Waals surface area contributed by atoms with Gasteiger partial charge < -0.3 is 0 Å². The van der Waals surface area contributed by atoms with Crippen LogP contribution in [0.5, 0.6) is 0 Å². The van der Waals surface area contributed by atoms with Gasteiger partial charge in [0.1, 0.15) is 0 Å². The van der Waals surface area contributed by atoms with Crippen molar-refractivity contribution in [2.24, 2.45) is 0 Å². The summed E-state index contributed by atoms with van der Waals surface area (Å²) in [6.45, 7) is 8.89. The number of aryl methyl sites for hydroxylation is 1. The average Bonchev–Trinajstić information content (AvgIpc) is 2.02. The number of hydrogen-bond acceptors (Lipinski definition) is 0. The highest BCUT2D eigenvalue weighted by atomic mass is 35.5. The molecule has 0 nitrogen and oxygen atoms in total. The largest absolute Gasteiger partial charge is 0.0840 e. The molecule has 0 aliphatic carbocycles. The molecule has 0 radical (unpaired) electrons. The van der Waals surface area contributed by atoms with Crippen molar-refractivity contribution in [1.82, 2.24) is 0 Å². The summed E-state index contributed by atoms with van der Waals surface area (Å²) in [5, 5.41) is 0.906. The zero-order chi connectivity index (χ0) is 10.8. The van der Waals surface area contributed by atoms with Crippen molar-refractivity contribution in [2.75, 3.05) is 0 Å². The molecule has 0 heterocycles. The van der Waals surface area contributed by atoms with Crippen LogP contribution in [0, 0.1) is 6.92 Å². The summed E-state index contributed by atoms with van der Waals surface area (Å²) in [6, 6.07) is 6.14. The highest BCUT2D eigenvalue weighted by Crippen LogP contribution is 2.35. The minimum Gasteiger partial charge on any atom is -0.0840 e. The lowest BCUT2D eigenvalue weighted by Gasteiger charge is -2.27. The second-order valence-electron chi connectivity index (χ2n) is 4.57. The highest BCUT2D eigenvalue weighted by molar-refractivity contribution is 6.31. The fourth-order valence-corrected chi connectivity index (χ4v) is 2.72. The lowest BCUT2D eigenvalue weighted by Crippen LogP contribution is -2.18. The molecule has 0 saturated heterocycles. The Hall–Kier alpha value is -0.490. The molecule has 0 unspecified atom stereocenters. The molecular weight excluding hydrogens is 192 g/mol. The van der Waals surface area contributed by atoms with Crippen LogP contribution in [-0.4, -0.2) is 0 Å². The molecule has 0 aliphatic heterocycles. The van der Waals surface area contributed by atoms with E-state index in [-0.39, 0.29) is 5.41 Å². The topological polar surface area (TPSA) is 0 Å². The van der Waals surface area contributed by atoms with Crippen molar-refractivity contribution in [2.45, 2.75) is 46.0 Å². The van der Waals surface area contributed by atoms with Gasteiger partial charge in [0.2, 0.25) is 0 Å². The van der Waals surface area contributed by atoms with Crippen LogP contribution in [0.3, 0.4) is 0 Å². The standard InChI is InChI=1S/C13H19Cl/c1-5-9-13(3,4)12-10(2)7-6-8-11(12)14/h6-8H,5,9H2,1-4H3. The molecule has 78 valence electrons. The van der Waals surface area contributed by atoms with Crippen molar-refractivity contribution in [3.63, 3.8) is 0 Å². The predicted octanol–water partition coefficient (Wildman–Crippen LogP) is 4.73. The zero-order valence-electron chi connectivity index (χ0n) is 9.52. The van der Waals surface area contributed by atoms with E-state index in [0.717, 1.165) is 5.02 Å². The molecular formula is C13H19Cl. The summed E-state index contributed by atoms with van der Waals surface area (Å²) in [5.74, 6) is 0. The third-order valence-electron chi connectivity index (χ3n) is 2.77. The van der Waals surface area contributed by atoms with Gasteiger partial charge in [0.25, 0.3) is 0 Å². The van der Waals surface area contributed by atoms with Crippen LogP contribution in [-0.2, 0) is 5.41 Å². The summed E-state index contributed by atoms with van der Waals surface area (Å²) in [6.07, 6.45) is 2.37. The smallest absolute Gasteiger partial charge is 0.0446 e. The van der Waals surface area contributed by atoms with Crippen LogP contribution in [0.1, 0.15) is 44.7 Å². The second kappa shape index (κ2) is 4.35. The van der Waals surface area contributed by atoms with E-state index in [1.165, 1.54) is 24.0 Å². The average molecular weight is 211 g/mol. The first kappa shape index (κ1) is 11.6. The number of halogens is 1. The van der Waals surface area contributed by atoms with Crippen LogP contribution in [0.15, 0.2) is 18.2 Å². The molecule has 0 atom stereocenters. The lowest BCUT2D eigenvalue weighted by molar-refractivity contribution is 0.471. The first-order valence-corrected chi connectivity index (χ1v) is 5.62. The quantitative estimate of drug-likeness (QED) is 0.677. The van der Waals surface area contributed by atoms with Gasteiger partial charge in [-0.3, -0.25) is 0 Å². The molecule has 14 heavy (non-hydrogen) atoms. The monoisotopic (exact) mass is 210 g/mol. The van der Waals surface area contributed by atoms with Crippen molar-refractivity contribution in [3.8, 4) is 0 Å². The summed E-state index contributed by atoms with van der Waals surface area (Å²) in [4.78, 5) is 0. The summed E-state index contributed by atoms with van der Waals surface area (Å²) in [5.41, 5.74) is 2.80. The zero-order valence-corrected chi connectivity index (χ0v) is 10.3. The number of hydrogen-bond donors (Lipinski definition) is 0. The predicted molar refractivity (Wildman–Crippen MR) is 64.1 cm³/mol. The molecule has 1 heteroatoms. The van der Waals surface area contributed by atoms with Gasteiger partial charge >= 0.3 is 0 Å². The van der Waals surface area contributed by atoms with Crippen molar-refractivity contribution < 1.29 is 0 Å². The van der Waals surface area contributed by atoms with Crippen LogP contribution >= 0.6 is 11.6 Å². The van der Waals surface area contributed by atoms with Gasteiger partial charge in [0.15, 0.2) is 0 Å². The fraction of sp³-hybridized carbons (Fsp3) is 0.538. The van der Waals surface area contributed by atoms with E-state index in [2.05, 4.69) is 33.8 Å². The Morgan fingerprint density at radius 2 is 1.93 bits per heavy atom. The summed E-state index contributed by atoms with van der Waals surface area (Å²) < 4.78 is 0. The van der Waals surface area contributed by atoms with E-state index >= 15 is 0 Å². The van der Waals surface area contributed by atoms with E-state index in [4.69, 9.17) is 11.6 Å². The van der Waals surface area contributed by atoms with Crippen LogP contribution in [0.25, 0.3) is 0 Å². The first-order valence-electron chi connectivity index (χ1n) is 5.24. The number of benzene rings is 1. The minimum atomic E-state index is 0.192. The summed E-state index contributed by atoms with van der Waals surface area (Å²) >= 11 is 6.25. The van der Waals surface area contributed by atoms with E-state index in [1.54, 1.807) is 0 Å². The molecule has 0 bridgehead atoms. The molecule has 0 amide bonds. The van der Waals surface area contributed by atoms with E-state index < -0.39 is 0 Å². The molecule has 0 aromatic heterocycles.